The van der Waals surface area contributed by atoms with Crippen molar-refractivity contribution in [2.24, 2.45) is 0 Å². The maximum absolute atomic E-state index is 12.2. The summed E-state index contributed by atoms with van der Waals surface area (Å²) < 4.78 is 31.1. The molecule has 174 valence electrons. The lowest BCUT2D eigenvalue weighted by Gasteiger charge is -2.29. The van der Waals surface area contributed by atoms with Gasteiger partial charge in [0, 0.05) is 24.0 Å². The van der Waals surface area contributed by atoms with Gasteiger partial charge in [0.1, 0.15) is 0 Å². The summed E-state index contributed by atoms with van der Waals surface area (Å²) in [4.78, 5) is 47.4. The normalized spacial score (nSPS) is 31.0. The fraction of sp³-hybridized carbons (Fsp3) is 0.750. The van der Waals surface area contributed by atoms with Crippen LogP contribution >= 0.6 is 34.2 Å². The molecule has 11 nitrogen and oxygen atoms in total. The third kappa shape index (κ3) is 5.10. The van der Waals surface area contributed by atoms with Crippen LogP contribution in [0.5, 0.6) is 0 Å². The van der Waals surface area contributed by atoms with Crippen LogP contribution in [0.15, 0.2) is 0 Å². The number of urea groups is 1. The summed E-state index contributed by atoms with van der Waals surface area (Å²) in [7, 11) is -4.26. The Morgan fingerprint density at radius 1 is 1.32 bits per heavy atom. The third-order valence-electron chi connectivity index (χ3n) is 5.73. The van der Waals surface area contributed by atoms with Crippen molar-refractivity contribution in [3.8, 4) is 0 Å². The van der Waals surface area contributed by atoms with Gasteiger partial charge in [-0.3, -0.25) is 24.3 Å². The second-order valence-electron chi connectivity index (χ2n) is 7.68. The number of carbonyl (C=O) groups is 4. The van der Waals surface area contributed by atoms with Gasteiger partial charge in [-0.05, 0) is 12.8 Å². The SMILES string of the molecule is O=C(CCCC[C@@H]1SC[C@@H]2NC(=O)N[C@@H]21)NCC(SS)C1(S(=O)(=O)O)CC(=O)NC1=O. The minimum atomic E-state index is -4.94. The maximum atomic E-state index is 12.2. The first-order valence-electron chi connectivity index (χ1n) is 9.65. The Kier molecular flexibility index (Phi) is 7.71. The number of nitrogens with one attached hydrogen (secondary N) is 4. The van der Waals surface area contributed by atoms with Gasteiger partial charge < -0.3 is 16.0 Å². The molecule has 0 radical (unpaired) electrons. The molecule has 5 atom stereocenters. The molecule has 5 amide bonds. The zero-order valence-corrected chi connectivity index (χ0v) is 19.7. The number of carbonyl (C=O) groups excluding carboxylic acids is 4. The Bertz CT molecular complexity index is 870. The molecule has 3 heterocycles. The van der Waals surface area contributed by atoms with Crippen molar-refractivity contribution in [3.05, 3.63) is 0 Å². The van der Waals surface area contributed by atoms with Gasteiger partial charge >= 0.3 is 6.03 Å². The summed E-state index contributed by atoms with van der Waals surface area (Å²) >= 11 is 5.78. The Labute approximate surface area is 192 Å². The molecule has 3 aliphatic heterocycles. The number of hydrogen-bond acceptors (Lipinski definition) is 9. The first kappa shape index (κ1) is 24.5. The summed E-state index contributed by atoms with van der Waals surface area (Å²) in [6, 6.07) is 0.115. The molecule has 0 bridgehead atoms. The molecule has 3 fully saturated rings. The zero-order valence-electron chi connectivity index (χ0n) is 16.3. The summed E-state index contributed by atoms with van der Waals surface area (Å²) in [5.41, 5.74) is 0. The van der Waals surface area contributed by atoms with E-state index in [1.54, 1.807) is 11.8 Å². The van der Waals surface area contributed by atoms with Gasteiger partial charge in [0.15, 0.2) is 4.75 Å². The number of thiol groups is 1. The monoisotopic (exact) mass is 512 g/mol. The van der Waals surface area contributed by atoms with Crippen LogP contribution in [0.25, 0.3) is 0 Å². The van der Waals surface area contributed by atoms with Crippen LogP contribution < -0.4 is 21.3 Å². The summed E-state index contributed by atoms with van der Waals surface area (Å²) in [5.74, 6) is -1.41. The average molecular weight is 513 g/mol. The van der Waals surface area contributed by atoms with Gasteiger partial charge in [0.2, 0.25) is 11.8 Å². The van der Waals surface area contributed by atoms with Crippen LogP contribution in [-0.4, -0.2) is 76.4 Å². The molecule has 0 aromatic carbocycles. The molecule has 15 heteroatoms. The van der Waals surface area contributed by atoms with Gasteiger partial charge in [0.25, 0.3) is 16.0 Å². The van der Waals surface area contributed by atoms with Crippen molar-refractivity contribution in [1.82, 2.24) is 21.3 Å². The lowest BCUT2D eigenvalue weighted by molar-refractivity contribution is -0.126. The molecular formula is C16H24N4O7S4. The van der Waals surface area contributed by atoms with Crippen molar-refractivity contribution in [2.75, 3.05) is 12.3 Å². The van der Waals surface area contributed by atoms with Crippen LogP contribution in [0.1, 0.15) is 32.1 Å². The molecule has 3 rings (SSSR count). The summed E-state index contributed by atoms with van der Waals surface area (Å²) in [6.45, 7) is -0.257. The van der Waals surface area contributed by atoms with Crippen molar-refractivity contribution in [1.29, 1.82) is 0 Å². The molecule has 0 aromatic heterocycles. The highest BCUT2D eigenvalue weighted by Crippen LogP contribution is 2.38. The number of fused-ring (bicyclic) bond motifs is 1. The Balaban J connectivity index is 1.45. The molecule has 2 unspecified atom stereocenters. The van der Waals surface area contributed by atoms with Crippen LogP contribution in [-0.2, 0) is 24.5 Å². The maximum Gasteiger partial charge on any atom is 0.315 e. The van der Waals surface area contributed by atoms with Gasteiger partial charge in [-0.25, -0.2) is 4.79 Å². The van der Waals surface area contributed by atoms with Crippen LogP contribution in [0.2, 0.25) is 0 Å². The second-order valence-corrected chi connectivity index (χ2v) is 12.0. The Hall–Kier alpha value is -1.16. The third-order valence-corrected chi connectivity index (χ3v) is 10.5. The quantitative estimate of drug-likeness (QED) is 0.0561. The van der Waals surface area contributed by atoms with Crippen LogP contribution in [0, 0.1) is 0 Å². The minimum absolute atomic E-state index is 0.108. The first-order chi connectivity index (χ1) is 14.6. The van der Waals surface area contributed by atoms with Gasteiger partial charge in [-0.15, -0.1) is 11.7 Å². The second kappa shape index (κ2) is 9.77. The Morgan fingerprint density at radius 2 is 2.06 bits per heavy atom. The highest BCUT2D eigenvalue weighted by Gasteiger charge is 2.61. The smallest absolute Gasteiger partial charge is 0.315 e. The van der Waals surface area contributed by atoms with E-state index in [0.29, 0.717) is 22.5 Å². The molecule has 5 N–H and O–H groups in total. The van der Waals surface area contributed by atoms with Crippen molar-refractivity contribution in [3.63, 3.8) is 0 Å². The predicted octanol–water partition coefficient (Wildman–Crippen LogP) is -0.552. The van der Waals surface area contributed by atoms with Gasteiger partial charge in [-0.1, -0.05) is 17.2 Å². The van der Waals surface area contributed by atoms with Crippen molar-refractivity contribution >= 4 is 68.1 Å². The molecule has 3 aliphatic rings. The predicted molar refractivity (Wildman–Crippen MR) is 119 cm³/mol. The lowest BCUT2D eigenvalue weighted by Crippen LogP contribution is -2.56. The fourth-order valence-corrected chi connectivity index (χ4v) is 8.65. The molecule has 0 spiro atoms. The number of amides is 5. The van der Waals surface area contributed by atoms with Crippen molar-refractivity contribution in [2.45, 2.75) is 59.4 Å². The van der Waals surface area contributed by atoms with E-state index in [9.17, 15) is 32.1 Å². The topological polar surface area (TPSA) is 171 Å². The highest BCUT2D eigenvalue weighted by molar-refractivity contribution is 8.69. The first-order valence-corrected chi connectivity index (χ1v) is 14.1. The van der Waals surface area contributed by atoms with E-state index in [-0.39, 0.29) is 37.0 Å². The van der Waals surface area contributed by atoms with Gasteiger partial charge in [-0.2, -0.15) is 20.2 Å². The zero-order chi connectivity index (χ0) is 22.8. The number of rotatable bonds is 10. The van der Waals surface area contributed by atoms with E-state index >= 15 is 0 Å². The largest absolute Gasteiger partial charge is 0.355 e. The van der Waals surface area contributed by atoms with Gasteiger partial charge in [0.05, 0.1) is 23.8 Å². The standard InChI is InChI=1S/C16H24N4O7S4/c21-11(4-2-1-3-9-13-8(7-29-9)18-15(24)20-13)17-6-10(30-28)16(31(25,26)27)5-12(22)19-14(16)23/h8-10,13,28H,1-7H2,(H,17,21)(H2,18,20,24)(H,19,22,23)(H,25,26,27)/t8-,9-,10?,13-,16?/m0/s1. The molecule has 3 saturated heterocycles. The van der Waals surface area contributed by atoms with E-state index in [0.717, 1.165) is 18.6 Å². The minimum Gasteiger partial charge on any atom is -0.355 e. The molecule has 0 aromatic rings. The Morgan fingerprint density at radius 3 is 2.68 bits per heavy atom. The summed E-state index contributed by atoms with van der Waals surface area (Å²) in [6.07, 6.45) is 1.70. The fourth-order valence-electron chi connectivity index (χ4n) is 4.09. The van der Waals surface area contributed by atoms with Crippen LogP contribution in [0.3, 0.4) is 0 Å². The number of thioether (sulfide) groups is 1. The van der Waals surface area contributed by atoms with E-state index in [1.807, 2.05) is 5.32 Å². The van der Waals surface area contributed by atoms with E-state index in [2.05, 4.69) is 27.6 Å². The van der Waals surface area contributed by atoms with Crippen LogP contribution in [0.4, 0.5) is 4.79 Å². The number of unbranched alkanes of at least 4 members (excludes halogenated alkanes) is 1. The van der Waals surface area contributed by atoms with E-state index in [4.69, 9.17) is 0 Å². The van der Waals surface area contributed by atoms with E-state index in [1.165, 1.54) is 0 Å². The van der Waals surface area contributed by atoms with Crippen molar-refractivity contribution < 1.29 is 32.1 Å². The number of imide groups is 1. The average Bonchev–Trinajstić information content (AvgIpc) is 3.32. The molecule has 0 saturated carbocycles. The molecule has 31 heavy (non-hydrogen) atoms. The molecular weight excluding hydrogens is 488 g/mol. The van der Waals surface area contributed by atoms with E-state index < -0.39 is 38.4 Å². The highest BCUT2D eigenvalue weighted by atomic mass is 33.1. The number of hydrogen-bond donors (Lipinski definition) is 6. The summed E-state index contributed by atoms with van der Waals surface area (Å²) in [5, 5.41) is 9.39. The lowest BCUT2D eigenvalue weighted by atomic mass is 10.0. The molecule has 0 aliphatic carbocycles.